The number of amides is 1. The van der Waals surface area contributed by atoms with Gasteiger partial charge in [-0.25, -0.2) is 4.79 Å². The molecule has 1 heterocycles. The Labute approximate surface area is 138 Å². The van der Waals surface area contributed by atoms with Crippen molar-refractivity contribution in [2.75, 3.05) is 6.54 Å². The third kappa shape index (κ3) is 3.55. The summed E-state index contributed by atoms with van der Waals surface area (Å²) in [5.41, 5.74) is -0.653. The zero-order chi connectivity index (χ0) is 17.2. The first-order valence-electron chi connectivity index (χ1n) is 6.88. The van der Waals surface area contributed by atoms with Crippen LogP contribution in [0.25, 0.3) is 0 Å². The maximum atomic E-state index is 12.2. The van der Waals surface area contributed by atoms with E-state index >= 15 is 0 Å². The Hall–Kier alpha value is -2.31. The lowest BCUT2D eigenvalue weighted by Crippen LogP contribution is -2.39. The smallest absolute Gasteiger partial charge is 0.352 e. The minimum absolute atomic E-state index is 0.00742. The number of aromatic nitrogens is 1. The normalized spacial score (nSPS) is 13.4. The first-order chi connectivity index (χ1) is 10.7. The lowest BCUT2D eigenvalue weighted by molar-refractivity contribution is 0.0524. The van der Waals surface area contributed by atoms with Gasteiger partial charge >= 0.3 is 5.97 Å². The molecule has 0 radical (unpaired) electrons. The molecule has 2 rings (SSSR count). The second kappa shape index (κ2) is 6.44. The van der Waals surface area contributed by atoms with Crippen molar-refractivity contribution in [1.29, 1.82) is 0 Å². The van der Waals surface area contributed by atoms with Crippen molar-refractivity contribution in [3.63, 3.8) is 0 Å². The Kier molecular flexibility index (Phi) is 4.77. The van der Waals surface area contributed by atoms with Crippen LogP contribution in [0.2, 0.25) is 5.02 Å². The number of hydrogen-bond donors (Lipinski definition) is 3. The molecule has 0 saturated heterocycles. The minimum atomic E-state index is -1.35. The molecule has 0 fully saturated rings. The van der Waals surface area contributed by atoms with Crippen LogP contribution in [-0.4, -0.2) is 33.2 Å². The summed E-state index contributed by atoms with van der Waals surface area (Å²) in [6.45, 7) is 1.48. The number of carbonyl (C=O) groups excluding carboxylic acids is 1. The van der Waals surface area contributed by atoms with Gasteiger partial charge in [-0.2, -0.15) is 0 Å². The van der Waals surface area contributed by atoms with Crippen LogP contribution >= 0.6 is 11.6 Å². The third-order valence-electron chi connectivity index (χ3n) is 3.62. The van der Waals surface area contributed by atoms with Crippen LogP contribution in [0.5, 0.6) is 0 Å². The number of nitrogens with zero attached hydrogens (tertiary/aromatic N) is 1. The van der Waals surface area contributed by atoms with Gasteiger partial charge < -0.3 is 20.1 Å². The van der Waals surface area contributed by atoms with Crippen LogP contribution in [-0.2, 0) is 12.6 Å². The van der Waals surface area contributed by atoms with Crippen molar-refractivity contribution in [3.05, 3.63) is 58.4 Å². The molecule has 0 spiro atoms. The Morgan fingerprint density at radius 1 is 1.22 bits per heavy atom. The molecule has 2 aromatic rings. The van der Waals surface area contributed by atoms with E-state index in [2.05, 4.69) is 5.32 Å². The average Bonchev–Trinajstić information content (AvgIpc) is 2.87. The van der Waals surface area contributed by atoms with Crippen molar-refractivity contribution in [2.24, 2.45) is 7.05 Å². The Morgan fingerprint density at radius 2 is 1.83 bits per heavy atom. The zero-order valence-electron chi connectivity index (χ0n) is 12.7. The number of nitrogens with one attached hydrogen (secondary N) is 1. The number of benzene rings is 1. The van der Waals surface area contributed by atoms with Crippen molar-refractivity contribution < 1.29 is 19.8 Å². The van der Waals surface area contributed by atoms with Gasteiger partial charge in [-0.1, -0.05) is 29.8 Å². The summed E-state index contributed by atoms with van der Waals surface area (Å²) in [6.07, 6.45) is 0. The number of aromatic carboxylic acids is 1. The standard InChI is InChI=1S/C16H17ClN2O4/c1-16(23,10-5-3-4-6-11(10)17)9-18-14(20)12-7-8-13(15(21)22)19(12)2/h3-8,23H,9H2,1-2H3,(H,18,20)(H,21,22). The van der Waals surface area contributed by atoms with E-state index in [0.717, 1.165) is 0 Å². The number of carboxylic acids is 1. The van der Waals surface area contributed by atoms with Gasteiger partial charge in [0.05, 0.1) is 6.54 Å². The maximum absolute atomic E-state index is 12.2. The number of carboxylic acid groups (broad SMARTS) is 1. The fraction of sp³-hybridized carbons (Fsp3) is 0.250. The van der Waals surface area contributed by atoms with E-state index in [0.29, 0.717) is 10.6 Å². The highest BCUT2D eigenvalue weighted by atomic mass is 35.5. The molecule has 0 bridgehead atoms. The van der Waals surface area contributed by atoms with Crippen LogP contribution in [0, 0.1) is 0 Å². The fourth-order valence-corrected chi connectivity index (χ4v) is 2.63. The molecule has 6 nitrogen and oxygen atoms in total. The summed E-state index contributed by atoms with van der Waals surface area (Å²) in [7, 11) is 1.49. The molecule has 1 unspecified atom stereocenters. The molecule has 1 atom stereocenters. The van der Waals surface area contributed by atoms with Crippen LogP contribution in [0.1, 0.15) is 33.5 Å². The number of aliphatic hydroxyl groups is 1. The summed E-state index contributed by atoms with van der Waals surface area (Å²) in [4.78, 5) is 23.2. The second-order valence-corrected chi connectivity index (χ2v) is 5.81. The van der Waals surface area contributed by atoms with Crippen molar-refractivity contribution in [1.82, 2.24) is 9.88 Å². The van der Waals surface area contributed by atoms with Gasteiger partial charge in [-0.3, -0.25) is 4.79 Å². The maximum Gasteiger partial charge on any atom is 0.352 e. The Balaban J connectivity index is 2.13. The van der Waals surface area contributed by atoms with Gasteiger partial charge in [0, 0.05) is 17.6 Å². The number of halogens is 1. The molecular weight excluding hydrogens is 320 g/mol. The molecular formula is C16H17ClN2O4. The van der Waals surface area contributed by atoms with Crippen LogP contribution < -0.4 is 5.32 Å². The molecule has 23 heavy (non-hydrogen) atoms. The highest BCUT2D eigenvalue weighted by Gasteiger charge is 2.27. The second-order valence-electron chi connectivity index (χ2n) is 5.40. The molecule has 0 aliphatic rings. The lowest BCUT2D eigenvalue weighted by Gasteiger charge is -2.25. The van der Waals surface area contributed by atoms with Crippen molar-refractivity contribution in [3.8, 4) is 0 Å². The highest BCUT2D eigenvalue weighted by Crippen LogP contribution is 2.27. The molecule has 7 heteroatoms. The van der Waals surface area contributed by atoms with E-state index in [4.69, 9.17) is 16.7 Å². The van der Waals surface area contributed by atoms with E-state index in [1.807, 2.05) is 0 Å². The monoisotopic (exact) mass is 336 g/mol. The predicted molar refractivity (Wildman–Crippen MR) is 85.7 cm³/mol. The molecule has 0 saturated carbocycles. The Bertz CT molecular complexity index is 752. The molecule has 1 aromatic heterocycles. The third-order valence-corrected chi connectivity index (χ3v) is 3.95. The van der Waals surface area contributed by atoms with E-state index in [1.165, 1.54) is 23.7 Å². The Morgan fingerprint density at radius 3 is 2.39 bits per heavy atom. The van der Waals surface area contributed by atoms with E-state index < -0.39 is 17.5 Å². The number of hydrogen-bond acceptors (Lipinski definition) is 3. The van der Waals surface area contributed by atoms with E-state index in [-0.39, 0.29) is 17.9 Å². The summed E-state index contributed by atoms with van der Waals surface area (Å²) in [5, 5.41) is 22.5. The van der Waals surface area contributed by atoms with E-state index in [1.54, 1.807) is 31.2 Å². The molecule has 3 N–H and O–H groups in total. The van der Waals surface area contributed by atoms with Crippen LogP contribution in [0.3, 0.4) is 0 Å². The van der Waals surface area contributed by atoms with Gasteiger partial charge in [-0.05, 0) is 25.1 Å². The molecule has 1 amide bonds. The predicted octanol–water partition coefficient (Wildman–Crippen LogP) is 2.01. The van der Waals surface area contributed by atoms with Gasteiger partial charge in [-0.15, -0.1) is 0 Å². The number of carbonyl (C=O) groups is 2. The first kappa shape index (κ1) is 17.1. The van der Waals surface area contributed by atoms with Gasteiger partial charge in [0.1, 0.15) is 17.0 Å². The first-order valence-corrected chi connectivity index (χ1v) is 7.26. The van der Waals surface area contributed by atoms with Gasteiger partial charge in [0.25, 0.3) is 5.91 Å². The summed E-state index contributed by atoms with van der Waals surface area (Å²) in [5.74, 6) is -1.60. The number of rotatable bonds is 5. The highest BCUT2D eigenvalue weighted by molar-refractivity contribution is 6.31. The summed E-state index contributed by atoms with van der Waals surface area (Å²) < 4.78 is 1.28. The van der Waals surface area contributed by atoms with Crippen molar-refractivity contribution >= 4 is 23.5 Å². The SMILES string of the molecule is Cn1c(C(=O)O)ccc1C(=O)NCC(C)(O)c1ccccc1Cl. The zero-order valence-corrected chi connectivity index (χ0v) is 13.5. The van der Waals surface area contributed by atoms with Gasteiger partial charge in [0.15, 0.2) is 0 Å². The minimum Gasteiger partial charge on any atom is -0.477 e. The van der Waals surface area contributed by atoms with Crippen molar-refractivity contribution in [2.45, 2.75) is 12.5 Å². The van der Waals surface area contributed by atoms with Crippen LogP contribution in [0.15, 0.2) is 36.4 Å². The molecule has 1 aromatic carbocycles. The quantitative estimate of drug-likeness (QED) is 0.779. The summed E-state index contributed by atoms with van der Waals surface area (Å²) >= 11 is 6.06. The van der Waals surface area contributed by atoms with Crippen LogP contribution in [0.4, 0.5) is 0 Å². The lowest BCUT2D eigenvalue weighted by atomic mass is 9.96. The summed E-state index contributed by atoms with van der Waals surface area (Å²) in [6, 6.07) is 9.60. The van der Waals surface area contributed by atoms with E-state index in [9.17, 15) is 14.7 Å². The average molecular weight is 337 g/mol. The molecule has 122 valence electrons. The molecule has 0 aliphatic carbocycles. The topological polar surface area (TPSA) is 91.6 Å². The largest absolute Gasteiger partial charge is 0.477 e. The molecule has 0 aliphatic heterocycles. The fourth-order valence-electron chi connectivity index (χ4n) is 2.29. The van der Waals surface area contributed by atoms with Gasteiger partial charge in [0.2, 0.25) is 0 Å².